The molecule has 0 spiro atoms. The molecule has 0 bridgehead atoms. The van der Waals surface area contributed by atoms with Gasteiger partial charge in [0.25, 0.3) is 0 Å². The largest absolute Gasteiger partial charge is 0.416 e. The number of halogens is 3. The third-order valence-electron chi connectivity index (χ3n) is 2.34. The van der Waals surface area contributed by atoms with Crippen LogP contribution in [0.4, 0.5) is 18.9 Å². The second kappa shape index (κ2) is 5.04. The van der Waals surface area contributed by atoms with E-state index < -0.39 is 11.7 Å². The lowest BCUT2D eigenvalue weighted by Crippen LogP contribution is -2.03. The van der Waals surface area contributed by atoms with Crippen LogP contribution in [0.15, 0.2) is 59.6 Å². The minimum atomic E-state index is -4.34. The number of hydrogen-bond acceptors (Lipinski definition) is 1. The fraction of sp³-hybridized carbons (Fsp3) is 0.0714. The van der Waals surface area contributed by atoms with Gasteiger partial charge in [0.1, 0.15) is 0 Å². The van der Waals surface area contributed by atoms with Crippen molar-refractivity contribution in [3.63, 3.8) is 0 Å². The summed E-state index contributed by atoms with van der Waals surface area (Å²) in [6.07, 6.45) is -2.80. The van der Waals surface area contributed by atoms with Crippen LogP contribution < -0.4 is 0 Å². The number of nitrogens with zero attached hydrogens (tertiary/aromatic N) is 1. The Bertz CT molecular complexity index is 544. The maximum atomic E-state index is 12.5. The molecule has 0 fully saturated rings. The van der Waals surface area contributed by atoms with Crippen LogP contribution in [0.1, 0.15) is 11.1 Å². The van der Waals surface area contributed by atoms with E-state index in [2.05, 4.69) is 4.99 Å². The van der Waals surface area contributed by atoms with Crippen molar-refractivity contribution in [1.82, 2.24) is 0 Å². The van der Waals surface area contributed by atoms with Gasteiger partial charge in [-0.15, -0.1) is 0 Å². The first-order valence-corrected chi connectivity index (χ1v) is 5.32. The number of rotatable bonds is 2. The molecule has 0 aliphatic carbocycles. The summed E-state index contributed by atoms with van der Waals surface area (Å²) in [5.74, 6) is 0. The van der Waals surface area contributed by atoms with E-state index in [4.69, 9.17) is 0 Å². The van der Waals surface area contributed by atoms with Crippen LogP contribution in [-0.4, -0.2) is 6.21 Å². The lowest BCUT2D eigenvalue weighted by molar-refractivity contribution is -0.137. The molecule has 4 heteroatoms. The number of alkyl halides is 3. The van der Waals surface area contributed by atoms with Gasteiger partial charge in [0, 0.05) is 6.21 Å². The first kappa shape index (κ1) is 12.4. The lowest BCUT2D eigenvalue weighted by atomic mass is 10.2. The highest BCUT2D eigenvalue weighted by Gasteiger charge is 2.30. The number of hydrogen-bond donors (Lipinski definition) is 0. The Morgan fingerprint density at radius 3 is 2.28 bits per heavy atom. The maximum absolute atomic E-state index is 12.5. The summed E-state index contributed by atoms with van der Waals surface area (Å²) in [4.78, 5) is 4.03. The predicted octanol–water partition coefficient (Wildman–Crippen LogP) is 4.46. The van der Waals surface area contributed by atoms with Gasteiger partial charge in [0.2, 0.25) is 0 Å². The van der Waals surface area contributed by atoms with Crippen molar-refractivity contribution in [2.75, 3.05) is 0 Å². The highest BCUT2D eigenvalue weighted by atomic mass is 19.4. The Balaban J connectivity index is 2.23. The molecule has 0 aliphatic heterocycles. The average molecular weight is 249 g/mol. The van der Waals surface area contributed by atoms with Crippen LogP contribution in [0.2, 0.25) is 0 Å². The van der Waals surface area contributed by atoms with Crippen LogP contribution in [-0.2, 0) is 6.18 Å². The zero-order chi connectivity index (χ0) is 13.0. The van der Waals surface area contributed by atoms with Gasteiger partial charge in [-0.3, -0.25) is 4.99 Å². The van der Waals surface area contributed by atoms with Crippen LogP contribution in [0.25, 0.3) is 0 Å². The Hall–Kier alpha value is -2.10. The molecule has 92 valence electrons. The van der Waals surface area contributed by atoms with Crippen molar-refractivity contribution < 1.29 is 13.2 Å². The molecule has 0 unspecified atom stereocenters. The Kier molecular flexibility index (Phi) is 3.46. The van der Waals surface area contributed by atoms with Crippen molar-refractivity contribution in [2.24, 2.45) is 4.99 Å². The Labute approximate surface area is 103 Å². The molecule has 2 rings (SSSR count). The second-order valence-corrected chi connectivity index (χ2v) is 3.72. The zero-order valence-electron chi connectivity index (χ0n) is 9.35. The highest BCUT2D eigenvalue weighted by Crippen LogP contribution is 2.31. The van der Waals surface area contributed by atoms with Gasteiger partial charge in [0.15, 0.2) is 0 Å². The monoisotopic (exact) mass is 249 g/mol. The summed E-state index contributed by atoms with van der Waals surface area (Å²) < 4.78 is 37.4. The molecule has 0 saturated heterocycles. The van der Waals surface area contributed by atoms with Gasteiger partial charge in [0.05, 0.1) is 11.3 Å². The van der Waals surface area contributed by atoms with Gasteiger partial charge < -0.3 is 0 Å². The molecule has 0 aliphatic rings. The van der Waals surface area contributed by atoms with Crippen LogP contribution in [0.5, 0.6) is 0 Å². The van der Waals surface area contributed by atoms with Crippen molar-refractivity contribution in [1.29, 1.82) is 0 Å². The van der Waals surface area contributed by atoms with Gasteiger partial charge in [-0.25, -0.2) is 0 Å². The zero-order valence-corrected chi connectivity index (χ0v) is 9.35. The van der Waals surface area contributed by atoms with Crippen molar-refractivity contribution in [2.45, 2.75) is 6.18 Å². The fourth-order valence-electron chi connectivity index (χ4n) is 1.45. The standard InChI is InChI=1S/C14H10F3N/c15-14(16,17)12-7-4-8-13(9-12)18-10-11-5-2-1-3-6-11/h1-10H. The fourth-order valence-corrected chi connectivity index (χ4v) is 1.45. The van der Waals surface area contributed by atoms with Crippen LogP contribution in [0.3, 0.4) is 0 Å². The molecular weight excluding hydrogens is 239 g/mol. The summed E-state index contributed by atoms with van der Waals surface area (Å²) in [7, 11) is 0. The minimum absolute atomic E-state index is 0.286. The summed E-state index contributed by atoms with van der Waals surface area (Å²) >= 11 is 0. The van der Waals surface area contributed by atoms with E-state index in [1.165, 1.54) is 18.3 Å². The SMILES string of the molecule is FC(F)(F)c1cccc(N=Cc2ccccc2)c1. The molecule has 0 N–H and O–H groups in total. The first-order chi connectivity index (χ1) is 8.55. The molecule has 2 aromatic rings. The molecule has 18 heavy (non-hydrogen) atoms. The van der Waals surface area contributed by atoms with Gasteiger partial charge in [-0.1, -0.05) is 36.4 Å². The first-order valence-electron chi connectivity index (χ1n) is 5.32. The minimum Gasteiger partial charge on any atom is -0.256 e. The lowest BCUT2D eigenvalue weighted by Gasteiger charge is -2.06. The second-order valence-electron chi connectivity index (χ2n) is 3.72. The quantitative estimate of drug-likeness (QED) is 0.697. The topological polar surface area (TPSA) is 12.4 Å². The summed E-state index contributed by atoms with van der Waals surface area (Å²) in [6, 6.07) is 14.1. The summed E-state index contributed by atoms with van der Waals surface area (Å²) in [6.45, 7) is 0. The summed E-state index contributed by atoms with van der Waals surface area (Å²) in [5.41, 5.74) is 0.439. The van der Waals surface area contributed by atoms with E-state index in [0.717, 1.165) is 17.7 Å². The van der Waals surface area contributed by atoms with Crippen LogP contribution in [0, 0.1) is 0 Å². The third-order valence-corrected chi connectivity index (χ3v) is 2.34. The third kappa shape index (κ3) is 3.20. The highest BCUT2D eigenvalue weighted by molar-refractivity contribution is 5.81. The molecular formula is C14H10F3N. The van der Waals surface area contributed by atoms with Crippen molar-refractivity contribution in [3.05, 3.63) is 65.7 Å². The van der Waals surface area contributed by atoms with Gasteiger partial charge in [-0.05, 0) is 23.8 Å². The Morgan fingerprint density at radius 2 is 1.61 bits per heavy atom. The smallest absolute Gasteiger partial charge is 0.256 e. The molecule has 2 aromatic carbocycles. The molecule has 0 atom stereocenters. The van der Waals surface area contributed by atoms with Crippen molar-refractivity contribution in [3.8, 4) is 0 Å². The summed E-state index contributed by atoms with van der Waals surface area (Å²) in [5, 5.41) is 0. The predicted molar refractivity (Wildman–Crippen MR) is 65.1 cm³/mol. The average Bonchev–Trinajstić information content (AvgIpc) is 2.37. The van der Waals surface area contributed by atoms with E-state index in [1.54, 1.807) is 0 Å². The molecule has 0 radical (unpaired) electrons. The molecule has 0 saturated carbocycles. The van der Waals surface area contributed by atoms with E-state index >= 15 is 0 Å². The van der Waals surface area contributed by atoms with E-state index in [-0.39, 0.29) is 5.69 Å². The van der Waals surface area contributed by atoms with E-state index in [1.807, 2.05) is 30.3 Å². The molecule has 0 amide bonds. The number of benzene rings is 2. The normalized spacial score (nSPS) is 11.9. The van der Waals surface area contributed by atoms with E-state index in [9.17, 15) is 13.2 Å². The van der Waals surface area contributed by atoms with Crippen LogP contribution >= 0.6 is 0 Å². The van der Waals surface area contributed by atoms with Gasteiger partial charge >= 0.3 is 6.18 Å². The molecule has 1 nitrogen and oxygen atoms in total. The van der Waals surface area contributed by atoms with Gasteiger partial charge in [-0.2, -0.15) is 13.2 Å². The Morgan fingerprint density at radius 1 is 0.889 bits per heavy atom. The maximum Gasteiger partial charge on any atom is 0.416 e. The molecule has 0 aromatic heterocycles. The number of aliphatic imine (C=N–C) groups is 1. The molecule has 0 heterocycles. The van der Waals surface area contributed by atoms with Crippen molar-refractivity contribution >= 4 is 11.9 Å². The van der Waals surface area contributed by atoms with E-state index in [0.29, 0.717) is 0 Å².